The second kappa shape index (κ2) is 7.33. The standard InChI is InChI=1S/C14H23N5O2/c1-3-12-9-19(5-4-15-12)8-11-6-16-14(17-7-11)18(2)10-13(20)21/h6-7,12,15H,3-5,8-10H2,1-2H3,(H,20,21). The highest BCUT2D eigenvalue weighted by molar-refractivity contribution is 5.72. The lowest BCUT2D eigenvalue weighted by atomic mass is 10.1. The highest BCUT2D eigenvalue weighted by atomic mass is 16.4. The van der Waals surface area contributed by atoms with Gasteiger partial charge in [0.2, 0.25) is 5.95 Å². The molecule has 1 fully saturated rings. The van der Waals surface area contributed by atoms with Gasteiger partial charge in [0, 0.05) is 57.2 Å². The Labute approximate surface area is 125 Å². The number of carbonyl (C=O) groups is 1. The van der Waals surface area contributed by atoms with Crippen molar-refractivity contribution in [3.63, 3.8) is 0 Å². The van der Waals surface area contributed by atoms with Gasteiger partial charge in [-0.25, -0.2) is 9.97 Å². The number of nitrogens with one attached hydrogen (secondary N) is 1. The number of anilines is 1. The summed E-state index contributed by atoms with van der Waals surface area (Å²) in [5.74, 6) is -0.454. The summed E-state index contributed by atoms with van der Waals surface area (Å²) in [5.41, 5.74) is 1.05. The number of likely N-dealkylation sites (N-methyl/N-ethyl adjacent to an activating group) is 1. The van der Waals surface area contributed by atoms with Crippen LogP contribution in [0.4, 0.5) is 5.95 Å². The van der Waals surface area contributed by atoms with E-state index in [-0.39, 0.29) is 6.54 Å². The molecule has 2 N–H and O–H groups in total. The van der Waals surface area contributed by atoms with E-state index in [1.165, 1.54) is 4.90 Å². The van der Waals surface area contributed by atoms with Crippen molar-refractivity contribution in [2.45, 2.75) is 25.9 Å². The molecule has 0 aromatic carbocycles. The maximum atomic E-state index is 10.7. The quantitative estimate of drug-likeness (QED) is 0.774. The monoisotopic (exact) mass is 293 g/mol. The summed E-state index contributed by atoms with van der Waals surface area (Å²) in [4.78, 5) is 23.1. The Bertz CT molecular complexity index is 465. The molecule has 0 spiro atoms. The van der Waals surface area contributed by atoms with Gasteiger partial charge in [-0.2, -0.15) is 0 Å². The first-order valence-electron chi connectivity index (χ1n) is 7.28. The summed E-state index contributed by atoms with van der Waals surface area (Å²) >= 11 is 0. The Balaban J connectivity index is 1.91. The van der Waals surface area contributed by atoms with Crippen LogP contribution in [-0.2, 0) is 11.3 Å². The lowest BCUT2D eigenvalue weighted by Gasteiger charge is -2.33. The molecule has 1 aliphatic rings. The van der Waals surface area contributed by atoms with Gasteiger partial charge in [-0.15, -0.1) is 0 Å². The molecule has 21 heavy (non-hydrogen) atoms. The number of piperazine rings is 1. The van der Waals surface area contributed by atoms with Gasteiger partial charge < -0.3 is 15.3 Å². The first-order chi connectivity index (χ1) is 10.1. The normalized spacial score (nSPS) is 19.4. The molecule has 0 bridgehead atoms. The van der Waals surface area contributed by atoms with Gasteiger partial charge in [-0.3, -0.25) is 9.69 Å². The first-order valence-corrected chi connectivity index (χ1v) is 7.28. The Morgan fingerprint density at radius 1 is 1.52 bits per heavy atom. The van der Waals surface area contributed by atoms with Crippen LogP contribution in [0.2, 0.25) is 0 Å². The third kappa shape index (κ3) is 4.64. The summed E-state index contributed by atoms with van der Waals surface area (Å²) in [6.45, 7) is 6.00. The minimum absolute atomic E-state index is 0.102. The number of carboxylic acids is 1. The van der Waals surface area contributed by atoms with Gasteiger partial charge in [0.1, 0.15) is 6.54 Å². The molecular weight excluding hydrogens is 270 g/mol. The fraction of sp³-hybridized carbons (Fsp3) is 0.643. The van der Waals surface area contributed by atoms with E-state index >= 15 is 0 Å². The molecular formula is C14H23N5O2. The van der Waals surface area contributed by atoms with Crippen LogP contribution < -0.4 is 10.2 Å². The number of rotatable bonds is 6. The minimum atomic E-state index is -0.892. The number of hydrogen-bond acceptors (Lipinski definition) is 6. The molecule has 116 valence electrons. The van der Waals surface area contributed by atoms with Gasteiger partial charge in [-0.1, -0.05) is 6.92 Å². The number of hydrogen-bond donors (Lipinski definition) is 2. The highest BCUT2D eigenvalue weighted by Gasteiger charge is 2.18. The van der Waals surface area contributed by atoms with Gasteiger partial charge in [-0.05, 0) is 6.42 Å². The molecule has 1 unspecified atom stereocenters. The number of carboxylic acid groups (broad SMARTS) is 1. The summed E-state index contributed by atoms with van der Waals surface area (Å²) in [5, 5.41) is 12.2. The van der Waals surface area contributed by atoms with Crippen LogP contribution in [0, 0.1) is 0 Å². The van der Waals surface area contributed by atoms with Crippen molar-refractivity contribution in [1.82, 2.24) is 20.2 Å². The van der Waals surface area contributed by atoms with Crippen LogP contribution in [0.1, 0.15) is 18.9 Å². The fourth-order valence-corrected chi connectivity index (χ4v) is 2.47. The fourth-order valence-electron chi connectivity index (χ4n) is 2.47. The molecule has 1 atom stereocenters. The van der Waals surface area contributed by atoms with E-state index in [2.05, 4.69) is 27.1 Å². The molecule has 0 radical (unpaired) electrons. The zero-order valence-electron chi connectivity index (χ0n) is 12.6. The van der Waals surface area contributed by atoms with Crippen LogP contribution >= 0.6 is 0 Å². The molecule has 7 nitrogen and oxygen atoms in total. The minimum Gasteiger partial charge on any atom is -0.480 e. The number of aromatic nitrogens is 2. The topological polar surface area (TPSA) is 81.6 Å². The Morgan fingerprint density at radius 3 is 2.86 bits per heavy atom. The predicted octanol–water partition coefficient (Wildman–Crippen LogP) is 0.181. The van der Waals surface area contributed by atoms with Crippen molar-refractivity contribution in [3.8, 4) is 0 Å². The van der Waals surface area contributed by atoms with E-state index in [9.17, 15) is 4.79 Å². The summed E-state index contributed by atoms with van der Waals surface area (Å²) in [6.07, 6.45) is 4.69. The average molecular weight is 293 g/mol. The molecule has 2 rings (SSSR count). The molecule has 1 aromatic heterocycles. The van der Waals surface area contributed by atoms with Crippen molar-refractivity contribution in [2.75, 3.05) is 38.1 Å². The van der Waals surface area contributed by atoms with E-state index in [1.54, 1.807) is 19.4 Å². The number of nitrogens with zero attached hydrogens (tertiary/aromatic N) is 4. The van der Waals surface area contributed by atoms with Crippen LogP contribution in [0.25, 0.3) is 0 Å². The van der Waals surface area contributed by atoms with Crippen LogP contribution in [-0.4, -0.2) is 65.2 Å². The van der Waals surface area contributed by atoms with Crippen molar-refractivity contribution in [3.05, 3.63) is 18.0 Å². The Morgan fingerprint density at radius 2 is 2.24 bits per heavy atom. The zero-order chi connectivity index (χ0) is 15.2. The average Bonchev–Trinajstić information content (AvgIpc) is 2.47. The Hall–Kier alpha value is -1.73. The highest BCUT2D eigenvalue weighted by Crippen LogP contribution is 2.10. The molecule has 0 amide bonds. The molecule has 1 aromatic rings. The van der Waals surface area contributed by atoms with Crippen molar-refractivity contribution in [2.24, 2.45) is 0 Å². The van der Waals surface area contributed by atoms with Gasteiger partial charge in [0.25, 0.3) is 0 Å². The van der Waals surface area contributed by atoms with E-state index in [4.69, 9.17) is 5.11 Å². The maximum Gasteiger partial charge on any atom is 0.323 e. The third-order valence-electron chi connectivity index (χ3n) is 3.64. The van der Waals surface area contributed by atoms with Gasteiger partial charge in [0.15, 0.2) is 0 Å². The smallest absolute Gasteiger partial charge is 0.323 e. The molecule has 1 aliphatic heterocycles. The lowest BCUT2D eigenvalue weighted by Crippen LogP contribution is -2.49. The first kappa shape index (κ1) is 15.7. The SMILES string of the molecule is CCC1CN(Cc2cnc(N(C)CC(=O)O)nc2)CCN1. The van der Waals surface area contributed by atoms with Crippen molar-refractivity contribution >= 4 is 11.9 Å². The lowest BCUT2D eigenvalue weighted by molar-refractivity contribution is -0.135. The van der Waals surface area contributed by atoms with Gasteiger partial charge >= 0.3 is 5.97 Å². The molecule has 2 heterocycles. The summed E-state index contributed by atoms with van der Waals surface area (Å²) in [7, 11) is 1.67. The summed E-state index contributed by atoms with van der Waals surface area (Å²) < 4.78 is 0. The van der Waals surface area contributed by atoms with Crippen molar-refractivity contribution in [1.29, 1.82) is 0 Å². The molecule has 1 saturated heterocycles. The second-order valence-corrected chi connectivity index (χ2v) is 5.44. The Kier molecular flexibility index (Phi) is 5.46. The third-order valence-corrected chi connectivity index (χ3v) is 3.64. The van der Waals surface area contributed by atoms with Crippen LogP contribution in [0.15, 0.2) is 12.4 Å². The number of aliphatic carboxylic acids is 1. The predicted molar refractivity (Wildman–Crippen MR) is 80.3 cm³/mol. The van der Waals surface area contributed by atoms with E-state index < -0.39 is 5.97 Å². The second-order valence-electron chi connectivity index (χ2n) is 5.44. The van der Waals surface area contributed by atoms with E-state index in [0.717, 1.165) is 38.2 Å². The van der Waals surface area contributed by atoms with Crippen LogP contribution in [0.5, 0.6) is 0 Å². The maximum absolute atomic E-state index is 10.7. The van der Waals surface area contributed by atoms with Gasteiger partial charge in [0.05, 0.1) is 0 Å². The largest absolute Gasteiger partial charge is 0.480 e. The zero-order valence-corrected chi connectivity index (χ0v) is 12.6. The van der Waals surface area contributed by atoms with Crippen molar-refractivity contribution < 1.29 is 9.90 Å². The molecule has 0 aliphatic carbocycles. The van der Waals surface area contributed by atoms with Crippen LogP contribution in [0.3, 0.4) is 0 Å². The van der Waals surface area contributed by atoms with E-state index in [1.807, 2.05) is 0 Å². The molecule has 7 heteroatoms. The summed E-state index contributed by atoms with van der Waals surface area (Å²) in [6, 6.07) is 0.556. The van der Waals surface area contributed by atoms with E-state index in [0.29, 0.717) is 12.0 Å². The molecule has 0 saturated carbocycles.